The van der Waals surface area contributed by atoms with E-state index in [1.165, 1.54) is 0 Å². The van der Waals surface area contributed by atoms with E-state index in [0.717, 1.165) is 22.3 Å². The molecule has 6 radical (unpaired) electrons. The van der Waals surface area contributed by atoms with Crippen molar-refractivity contribution in [3.05, 3.63) is 166 Å². The highest BCUT2D eigenvalue weighted by Crippen LogP contribution is 2.68. The van der Waals surface area contributed by atoms with Crippen LogP contribution in [0.15, 0.2) is 134 Å². The summed E-state index contributed by atoms with van der Waals surface area (Å²) < 4.78 is 8.75. The second-order valence-corrected chi connectivity index (χ2v) is 17.4. The summed E-state index contributed by atoms with van der Waals surface area (Å²) in [5.74, 6) is 0. The molecular formula is C44H44Cl2N2OSi2. The van der Waals surface area contributed by atoms with Crippen molar-refractivity contribution in [3.63, 3.8) is 0 Å². The van der Waals surface area contributed by atoms with Crippen LogP contribution in [0, 0.1) is 21.7 Å². The Labute approximate surface area is 320 Å². The van der Waals surface area contributed by atoms with Gasteiger partial charge in [-0.2, -0.15) is 0 Å². The maximum absolute atomic E-state index is 8.75. The molecule has 0 fully saturated rings. The molecule has 0 bridgehead atoms. The van der Waals surface area contributed by atoms with Crippen LogP contribution in [0.1, 0.15) is 76.6 Å². The third-order valence-electron chi connectivity index (χ3n) is 11.2. The predicted octanol–water partition coefficient (Wildman–Crippen LogP) is 9.67. The number of allylic oxidation sites excluding steroid dienone is 6. The van der Waals surface area contributed by atoms with Crippen LogP contribution in [-0.4, -0.2) is 30.5 Å². The summed E-state index contributed by atoms with van der Waals surface area (Å²) in [6, 6.07) is 29.1. The highest BCUT2D eigenvalue weighted by Gasteiger charge is 2.67. The van der Waals surface area contributed by atoms with Gasteiger partial charge in [0.15, 0.2) is 0 Å². The van der Waals surface area contributed by atoms with E-state index in [0.29, 0.717) is 33.8 Å². The zero-order chi connectivity index (χ0) is 36.7. The highest BCUT2D eigenvalue weighted by molar-refractivity contribution is 6.35. The fraction of sp³-hybridized carbons (Fsp3) is 0.318. The first kappa shape index (κ1) is 37.4. The molecule has 2 heterocycles. The molecule has 0 spiro atoms. The fourth-order valence-corrected chi connectivity index (χ4v) is 9.86. The average molecular weight is 744 g/mol. The van der Waals surface area contributed by atoms with Crippen molar-refractivity contribution in [2.75, 3.05) is 0 Å². The summed E-state index contributed by atoms with van der Waals surface area (Å²) >= 11 is 13.3. The summed E-state index contributed by atoms with van der Waals surface area (Å²) in [5.41, 5.74) is -0.787. The van der Waals surface area contributed by atoms with Crippen LogP contribution in [0.4, 0.5) is 0 Å². The minimum atomic E-state index is -1.20. The highest BCUT2D eigenvalue weighted by atomic mass is 35.5. The number of benzene rings is 2. The number of hydrogen-bond acceptors (Lipinski definition) is 3. The molecular weight excluding hydrogens is 700 g/mol. The number of halogens is 2. The second kappa shape index (κ2) is 13.9. The van der Waals surface area contributed by atoms with Crippen molar-refractivity contribution in [2.24, 2.45) is 21.7 Å². The van der Waals surface area contributed by atoms with Crippen molar-refractivity contribution in [2.45, 2.75) is 65.6 Å². The van der Waals surface area contributed by atoms with Gasteiger partial charge in [0.2, 0.25) is 0 Å². The molecule has 6 rings (SSSR count). The fourth-order valence-electron chi connectivity index (χ4n) is 8.66. The van der Waals surface area contributed by atoms with Gasteiger partial charge in [-0.15, -0.1) is 0 Å². The van der Waals surface area contributed by atoms with Gasteiger partial charge < -0.3 is 4.74 Å². The predicted molar refractivity (Wildman–Crippen MR) is 214 cm³/mol. The lowest BCUT2D eigenvalue weighted by molar-refractivity contribution is -0.246. The van der Waals surface area contributed by atoms with E-state index in [2.05, 4.69) is 183 Å². The van der Waals surface area contributed by atoms with Crippen molar-refractivity contribution in [1.82, 2.24) is 9.97 Å². The van der Waals surface area contributed by atoms with E-state index in [4.69, 9.17) is 37.9 Å². The first-order valence-corrected chi connectivity index (χ1v) is 19.2. The Morgan fingerprint density at radius 2 is 0.922 bits per heavy atom. The molecule has 0 N–H and O–H groups in total. The quantitative estimate of drug-likeness (QED) is 0.133. The van der Waals surface area contributed by atoms with Gasteiger partial charge in [-0.3, -0.25) is 0 Å². The van der Waals surface area contributed by atoms with Crippen LogP contribution in [0.25, 0.3) is 0 Å². The van der Waals surface area contributed by atoms with Crippen LogP contribution in [0.5, 0.6) is 0 Å². The Bertz CT molecular complexity index is 1870. The monoisotopic (exact) mass is 742 g/mol. The number of hydrogen-bond donors (Lipinski definition) is 0. The van der Waals surface area contributed by atoms with Gasteiger partial charge in [0, 0.05) is 32.6 Å². The lowest BCUT2D eigenvalue weighted by atomic mass is 9.49. The van der Waals surface area contributed by atoms with Crippen LogP contribution in [0.2, 0.25) is 10.3 Å². The summed E-state index contributed by atoms with van der Waals surface area (Å²) in [4.78, 5) is 9.70. The Kier molecular flexibility index (Phi) is 10.2. The number of ether oxygens (including phenoxy) is 1. The molecule has 4 unspecified atom stereocenters. The normalized spacial score (nSPS) is 22.8. The van der Waals surface area contributed by atoms with Crippen LogP contribution >= 0.6 is 23.2 Å². The molecule has 7 heteroatoms. The van der Waals surface area contributed by atoms with Crippen LogP contribution < -0.4 is 10.6 Å². The first-order chi connectivity index (χ1) is 24.2. The molecule has 2 aliphatic rings. The van der Waals surface area contributed by atoms with Crippen molar-refractivity contribution < 1.29 is 4.74 Å². The molecule has 4 atom stereocenters. The average Bonchev–Trinajstić information content (AvgIpc) is 3.10. The molecule has 0 saturated carbocycles. The van der Waals surface area contributed by atoms with E-state index in [9.17, 15) is 0 Å². The topological polar surface area (TPSA) is 35.0 Å². The number of rotatable bonds is 8. The largest absolute Gasteiger partial charge is 0.348 e. The summed E-state index contributed by atoms with van der Waals surface area (Å²) in [7, 11) is 8.04. The molecule has 2 aromatic carbocycles. The van der Waals surface area contributed by atoms with Crippen LogP contribution in [0.3, 0.4) is 0 Å². The minimum Gasteiger partial charge on any atom is -0.348 e. The summed E-state index contributed by atoms with van der Waals surface area (Å²) in [6.45, 7) is 13.8. The maximum atomic E-state index is 8.75. The maximum Gasteiger partial charge on any atom is 0.131 e. The Morgan fingerprint density at radius 1 is 0.549 bits per heavy atom. The smallest absolute Gasteiger partial charge is 0.131 e. The van der Waals surface area contributed by atoms with E-state index in [-0.39, 0.29) is 10.8 Å². The second-order valence-electron chi connectivity index (χ2n) is 15.7. The molecule has 3 nitrogen and oxygen atoms in total. The lowest BCUT2D eigenvalue weighted by Gasteiger charge is -2.64. The number of pyridine rings is 2. The molecule has 4 aromatic rings. The molecule has 0 aliphatic heterocycles. The van der Waals surface area contributed by atoms with Crippen molar-refractivity contribution >= 4 is 54.3 Å². The number of aromatic nitrogens is 2. The molecule has 2 aromatic heterocycles. The van der Waals surface area contributed by atoms with Crippen molar-refractivity contribution in [1.29, 1.82) is 0 Å². The first-order valence-electron chi connectivity index (χ1n) is 17.4. The van der Waals surface area contributed by atoms with Crippen LogP contribution in [-0.2, 0) is 15.9 Å². The van der Waals surface area contributed by atoms with Gasteiger partial charge >= 0.3 is 0 Å². The zero-order valence-corrected chi connectivity index (χ0v) is 33.7. The molecule has 0 saturated heterocycles. The molecule has 2 aliphatic carbocycles. The molecule has 51 heavy (non-hydrogen) atoms. The lowest BCUT2D eigenvalue weighted by Crippen LogP contribution is -2.65. The van der Waals surface area contributed by atoms with E-state index in [1.54, 1.807) is 0 Å². The van der Waals surface area contributed by atoms with Gasteiger partial charge in [-0.05, 0) is 46.9 Å². The molecule has 258 valence electrons. The zero-order valence-electron chi connectivity index (χ0n) is 30.2. The van der Waals surface area contributed by atoms with Gasteiger partial charge in [0.25, 0.3) is 0 Å². The third kappa shape index (κ3) is 5.99. The van der Waals surface area contributed by atoms with E-state index >= 15 is 0 Å². The van der Waals surface area contributed by atoms with Gasteiger partial charge in [0.05, 0.1) is 0 Å². The molecule has 0 amide bonds. The van der Waals surface area contributed by atoms with Gasteiger partial charge in [-0.25, -0.2) is 9.97 Å². The summed E-state index contributed by atoms with van der Waals surface area (Å²) in [5, 5.41) is 1.99. The van der Waals surface area contributed by atoms with E-state index < -0.39 is 22.0 Å². The SMILES string of the molecule is CC(C)(C)C1(C(OC(c2ccccc2)(c2ccc(Cl)nc2[Si])C2(C(C)(C)C)C=CC=CC2)(c2ccccc2)c2ccc(Cl)nc2[Si])C=CC=CC1. The summed E-state index contributed by atoms with van der Waals surface area (Å²) in [6.07, 6.45) is 19.2. The van der Waals surface area contributed by atoms with Crippen molar-refractivity contribution in [3.8, 4) is 0 Å². The third-order valence-corrected chi connectivity index (χ3v) is 12.4. The van der Waals surface area contributed by atoms with Gasteiger partial charge in [-0.1, -0.05) is 186 Å². The standard InChI is InChI=1S/C44H44Cl2N2OSi2/c1-39(2,3)41(27-15-9-16-28-41)43(31-19-11-7-12-20-31,33-23-25-35(45)47-37(33)50)49-44(32-21-13-8-14-22-32,34-24-26-36(46)48-38(34)51)42(40(4,5)6)29-17-10-18-30-42/h7-27,29H,28,30H2,1-6H3. The number of nitrogens with zero attached hydrogens (tertiary/aromatic N) is 2. The Hall–Kier alpha value is -3.33. The Balaban J connectivity index is 1.93. The Morgan fingerprint density at radius 3 is 1.22 bits per heavy atom. The minimum absolute atomic E-state index is 0.364. The van der Waals surface area contributed by atoms with Gasteiger partial charge in [0.1, 0.15) is 42.0 Å². The van der Waals surface area contributed by atoms with E-state index in [1.807, 2.05) is 12.1 Å².